The summed E-state index contributed by atoms with van der Waals surface area (Å²) in [5, 5.41) is 3.01. The molecule has 1 amide bonds. The number of carbonyl (C=O) groups excluding carboxylic acids is 1. The first-order valence-corrected chi connectivity index (χ1v) is 6.98. The minimum absolute atomic E-state index is 0.0649. The Kier molecular flexibility index (Phi) is 4.57. The second-order valence-corrected chi connectivity index (χ2v) is 5.38. The lowest BCUT2D eigenvalue weighted by molar-refractivity contribution is -0.116. The molecular formula is C18H21NO. The lowest BCUT2D eigenvalue weighted by atomic mass is 9.97. The van der Waals surface area contributed by atoms with Crippen LogP contribution in [0.25, 0.3) is 0 Å². The molecule has 0 saturated heterocycles. The molecule has 1 unspecified atom stereocenters. The highest BCUT2D eigenvalue weighted by molar-refractivity contribution is 5.92. The largest absolute Gasteiger partial charge is 0.326 e. The third-order valence-corrected chi connectivity index (χ3v) is 3.53. The Morgan fingerprint density at radius 3 is 2.50 bits per heavy atom. The number of carbonyl (C=O) groups is 1. The van der Waals surface area contributed by atoms with Gasteiger partial charge in [-0.3, -0.25) is 4.79 Å². The van der Waals surface area contributed by atoms with E-state index < -0.39 is 0 Å². The molecule has 2 nitrogen and oxygen atoms in total. The van der Waals surface area contributed by atoms with Gasteiger partial charge < -0.3 is 5.32 Å². The molecule has 2 aromatic carbocycles. The Morgan fingerprint density at radius 1 is 1.10 bits per heavy atom. The first-order valence-electron chi connectivity index (χ1n) is 6.98. The summed E-state index contributed by atoms with van der Waals surface area (Å²) in [5.74, 6) is 0.288. The van der Waals surface area contributed by atoms with E-state index in [2.05, 4.69) is 30.4 Å². The van der Waals surface area contributed by atoms with Crippen molar-refractivity contribution in [2.75, 3.05) is 5.32 Å². The molecule has 20 heavy (non-hydrogen) atoms. The predicted octanol–water partition coefficient (Wildman–Crippen LogP) is 4.44. The number of aryl methyl sites for hydroxylation is 2. The van der Waals surface area contributed by atoms with Crippen LogP contribution < -0.4 is 5.32 Å². The number of benzene rings is 2. The van der Waals surface area contributed by atoms with Crippen LogP contribution in [0.1, 0.15) is 36.0 Å². The van der Waals surface area contributed by atoms with Gasteiger partial charge in [-0.1, -0.05) is 49.4 Å². The summed E-state index contributed by atoms with van der Waals surface area (Å²) < 4.78 is 0. The Bertz CT molecular complexity index is 590. The molecule has 0 heterocycles. The SMILES string of the molecule is Cc1ccc(C)c(NC(=O)CC(C)c2ccccc2)c1. The van der Waals surface area contributed by atoms with Crippen LogP contribution in [-0.2, 0) is 4.79 Å². The molecule has 0 aliphatic carbocycles. The van der Waals surface area contributed by atoms with Gasteiger partial charge in [0.2, 0.25) is 5.91 Å². The first kappa shape index (κ1) is 14.3. The number of amides is 1. The second kappa shape index (κ2) is 6.38. The van der Waals surface area contributed by atoms with E-state index in [4.69, 9.17) is 0 Å². The van der Waals surface area contributed by atoms with E-state index in [1.54, 1.807) is 0 Å². The van der Waals surface area contributed by atoms with Gasteiger partial charge in [0.05, 0.1) is 0 Å². The van der Waals surface area contributed by atoms with E-state index >= 15 is 0 Å². The zero-order valence-electron chi connectivity index (χ0n) is 12.3. The van der Waals surface area contributed by atoms with Gasteiger partial charge in [-0.25, -0.2) is 0 Å². The van der Waals surface area contributed by atoms with Crippen molar-refractivity contribution in [3.8, 4) is 0 Å². The standard InChI is InChI=1S/C18H21NO/c1-13-9-10-14(2)17(11-13)19-18(20)12-15(3)16-7-5-4-6-8-16/h4-11,15H,12H2,1-3H3,(H,19,20). The summed E-state index contributed by atoms with van der Waals surface area (Å²) in [6.07, 6.45) is 0.497. The molecule has 0 aromatic heterocycles. The van der Waals surface area contributed by atoms with Gasteiger partial charge in [0.15, 0.2) is 0 Å². The Labute approximate surface area is 120 Å². The lowest BCUT2D eigenvalue weighted by Gasteiger charge is -2.13. The molecule has 0 fully saturated rings. The maximum atomic E-state index is 12.1. The Hall–Kier alpha value is -2.09. The Morgan fingerprint density at radius 2 is 1.80 bits per heavy atom. The van der Waals surface area contributed by atoms with Crippen molar-refractivity contribution >= 4 is 11.6 Å². The average molecular weight is 267 g/mol. The second-order valence-electron chi connectivity index (χ2n) is 5.38. The monoisotopic (exact) mass is 267 g/mol. The molecule has 1 N–H and O–H groups in total. The normalized spacial score (nSPS) is 11.9. The van der Waals surface area contributed by atoms with E-state index in [-0.39, 0.29) is 11.8 Å². The van der Waals surface area contributed by atoms with Gasteiger partial charge in [-0.15, -0.1) is 0 Å². The minimum atomic E-state index is 0.0649. The highest BCUT2D eigenvalue weighted by Gasteiger charge is 2.12. The van der Waals surface area contributed by atoms with Crippen molar-refractivity contribution < 1.29 is 4.79 Å². The summed E-state index contributed by atoms with van der Waals surface area (Å²) in [5.41, 5.74) is 4.36. The van der Waals surface area contributed by atoms with Crippen LogP contribution in [0.5, 0.6) is 0 Å². The maximum Gasteiger partial charge on any atom is 0.224 e. The maximum absolute atomic E-state index is 12.1. The average Bonchev–Trinajstić information content (AvgIpc) is 2.43. The van der Waals surface area contributed by atoms with Crippen molar-refractivity contribution in [1.82, 2.24) is 0 Å². The molecule has 2 aromatic rings. The predicted molar refractivity (Wildman–Crippen MR) is 84.0 cm³/mol. The van der Waals surface area contributed by atoms with Gasteiger partial charge in [-0.2, -0.15) is 0 Å². The molecule has 104 valence electrons. The number of hydrogen-bond donors (Lipinski definition) is 1. The number of anilines is 1. The summed E-state index contributed by atoms with van der Waals surface area (Å²) in [6.45, 7) is 6.12. The first-order chi connectivity index (χ1) is 9.56. The number of nitrogens with one attached hydrogen (secondary N) is 1. The molecule has 2 heteroatoms. The molecule has 0 spiro atoms. The topological polar surface area (TPSA) is 29.1 Å². The van der Waals surface area contributed by atoms with Crippen LogP contribution in [0, 0.1) is 13.8 Å². The minimum Gasteiger partial charge on any atom is -0.326 e. The molecule has 1 atom stereocenters. The highest BCUT2D eigenvalue weighted by atomic mass is 16.1. The fraction of sp³-hybridized carbons (Fsp3) is 0.278. The molecule has 0 bridgehead atoms. The van der Waals surface area contributed by atoms with Crippen molar-refractivity contribution in [2.24, 2.45) is 0 Å². The highest BCUT2D eigenvalue weighted by Crippen LogP contribution is 2.21. The van der Waals surface area contributed by atoms with E-state index in [9.17, 15) is 4.79 Å². The quantitative estimate of drug-likeness (QED) is 0.872. The van der Waals surface area contributed by atoms with E-state index in [1.165, 1.54) is 5.56 Å². The van der Waals surface area contributed by atoms with E-state index in [0.29, 0.717) is 6.42 Å². The molecule has 0 aliphatic heterocycles. The molecule has 0 aliphatic rings. The van der Waals surface area contributed by atoms with Crippen molar-refractivity contribution in [2.45, 2.75) is 33.1 Å². The molecule has 0 radical (unpaired) electrons. The van der Waals surface area contributed by atoms with Gasteiger partial charge in [-0.05, 0) is 42.5 Å². The zero-order valence-corrected chi connectivity index (χ0v) is 12.3. The third-order valence-electron chi connectivity index (χ3n) is 3.53. The molecule has 2 rings (SSSR count). The fourth-order valence-corrected chi connectivity index (χ4v) is 2.25. The van der Waals surface area contributed by atoms with E-state index in [0.717, 1.165) is 16.8 Å². The summed E-state index contributed by atoms with van der Waals surface area (Å²) in [6, 6.07) is 16.2. The van der Waals surface area contributed by atoms with Crippen LogP contribution in [0.15, 0.2) is 48.5 Å². The summed E-state index contributed by atoms with van der Waals surface area (Å²) >= 11 is 0. The van der Waals surface area contributed by atoms with Gasteiger partial charge >= 0.3 is 0 Å². The molecular weight excluding hydrogens is 246 g/mol. The van der Waals surface area contributed by atoms with Crippen LogP contribution in [0.2, 0.25) is 0 Å². The van der Waals surface area contributed by atoms with Gasteiger partial charge in [0.1, 0.15) is 0 Å². The third kappa shape index (κ3) is 3.70. The van der Waals surface area contributed by atoms with Gasteiger partial charge in [0.25, 0.3) is 0 Å². The van der Waals surface area contributed by atoms with Crippen LogP contribution in [0.4, 0.5) is 5.69 Å². The van der Waals surface area contributed by atoms with Crippen molar-refractivity contribution in [3.63, 3.8) is 0 Å². The smallest absolute Gasteiger partial charge is 0.224 e. The number of rotatable bonds is 4. The zero-order chi connectivity index (χ0) is 14.5. The van der Waals surface area contributed by atoms with Crippen molar-refractivity contribution in [3.05, 3.63) is 65.2 Å². The summed E-state index contributed by atoms with van der Waals surface area (Å²) in [4.78, 5) is 12.1. The summed E-state index contributed by atoms with van der Waals surface area (Å²) in [7, 11) is 0. The fourth-order valence-electron chi connectivity index (χ4n) is 2.25. The number of hydrogen-bond acceptors (Lipinski definition) is 1. The van der Waals surface area contributed by atoms with Crippen LogP contribution >= 0.6 is 0 Å². The molecule has 0 saturated carbocycles. The van der Waals surface area contributed by atoms with E-state index in [1.807, 2.05) is 44.2 Å². The van der Waals surface area contributed by atoms with Crippen LogP contribution in [-0.4, -0.2) is 5.91 Å². The van der Waals surface area contributed by atoms with Crippen molar-refractivity contribution in [1.29, 1.82) is 0 Å². The van der Waals surface area contributed by atoms with Crippen LogP contribution in [0.3, 0.4) is 0 Å². The van der Waals surface area contributed by atoms with Gasteiger partial charge in [0, 0.05) is 12.1 Å². The lowest BCUT2D eigenvalue weighted by Crippen LogP contribution is -2.15. The Balaban J connectivity index is 2.01.